The molecule has 1 rings (SSSR count). The Balaban J connectivity index is 2.34. The van der Waals surface area contributed by atoms with Crippen molar-refractivity contribution in [2.75, 3.05) is 13.2 Å². The summed E-state index contributed by atoms with van der Waals surface area (Å²) >= 11 is 0. The highest BCUT2D eigenvalue weighted by Gasteiger charge is 2.53. The van der Waals surface area contributed by atoms with Crippen LogP contribution in [0.5, 0.6) is 0 Å². The summed E-state index contributed by atoms with van der Waals surface area (Å²) in [6.45, 7) is 2.47. The number of ether oxygens (including phenoxy) is 1. The van der Waals surface area contributed by atoms with Crippen molar-refractivity contribution in [3.8, 4) is 0 Å². The first-order chi connectivity index (χ1) is 8.69. The molecule has 0 aromatic heterocycles. The van der Waals surface area contributed by atoms with E-state index in [1.807, 2.05) is 6.92 Å². The average molecular weight is 308 g/mol. The minimum absolute atomic E-state index is 0.0626. The van der Waals surface area contributed by atoms with Gasteiger partial charge in [-0.05, 0) is 12.8 Å². The van der Waals surface area contributed by atoms with Crippen molar-refractivity contribution in [2.45, 2.75) is 44.0 Å². The van der Waals surface area contributed by atoms with E-state index >= 15 is 0 Å². The normalized spacial score (nSPS) is 28.2. The Morgan fingerprint density at radius 2 is 1.95 bits per heavy atom. The molecule has 0 aromatic carbocycles. The Hall–Kier alpha value is -0.410. The number of rotatable bonds is 7. The molecule has 1 fully saturated rings. The van der Waals surface area contributed by atoms with E-state index in [2.05, 4.69) is 4.18 Å². The van der Waals surface area contributed by atoms with E-state index < -0.39 is 33.8 Å². The SMILES string of the molecule is CCCCOC[C@H]1C[C@H](OS(=O)(=O)C(F)(F)F)C1F. The van der Waals surface area contributed by atoms with Crippen LogP contribution in [0.2, 0.25) is 0 Å². The van der Waals surface area contributed by atoms with Crippen LogP contribution in [0.4, 0.5) is 17.6 Å². The number of halogens is 4. The molecule has 4 nitrogen and oxygen atoms in total. The highest BCUT2D eigenvalue weighted by molar-refractivity contribution is 7.87. The summed E-state index contributed by atoms with van der Waals surface area (Å²) in [7, 11) is -5.72. The summed E-state index contributed by atoms with van der Waals surface area (Å²) in [5.74, 6) is -0.606. The Morgan fingerprint density at radius 1 is 1.32 bits per heavy atom. The maximum atomic E-state index is 13.4. The van der Waals surface area contributed by atoms with E-state index in [9.17, 15) is 26.0 Å². The van der Waals surface area contributed by atoms with Crippen LogP contribution < -0.4 is 0 Å². The monoisotopic (exact) mass is 308 g/mol. The lowest BCUT2D eigenvalue weighted by Gasteiger charge is -2.38. The first-order valence-corrected chi connectivity index (χ1v) is 7.31. The van der Waals surface area contributed by atoms with Crippen molar-refractivity contribution in [3.05, 3.63) is 0 Å². The highest BCUT2D eigenvalue weighted by Crippen LogP contribution is 2.37. The van der Waals surface area contributed by atoms with E-state index in [1.54, 1.807) is 0 Å². The van der Waals surface area contributed by atoms with E-state index in [4.69, 9.17) is 4.74 Å². The van der Waals surface area contributed by atoms with Gasteiger partial charge in [-0.2, -0.15) is 21.6 Å². The van der Waals surface area contributed by atoms with Crippen LogP contribution in [-0.2, 0) is 19.0 Å². The number of alkyl halides is 4. The highest BCUT2D eigenvalue weighted by atomic mass is 32.2. The third-order valence-electron chi connectivity index (χ3n) is 2.85. The zero-order chi connectivity index (χ0) is 14.7. The lowest BCUT2D eigenvalue weighted by atomic mass is 9.81. The van der Waals surface area contributed by atoms with Gasteiger partial charge in [-0.15, -0.1) is 0 Å². The van der Waals surface area contributed by atoms with Crippen molar-refractivity contribution < 1.29 is 34.9 Å². The van der Waals surface area contributed by atoms with Crippen molar-refractivity contribution in [1.82, 2.24) is 0 Å². The fourth-order valence-electron chi connectivity index (χ4n) is 1.62. The molecule has 0 heterocycles. The van der Waals surface area contributed by atoms with Crippen LogP contribution >= 0.6 is 0 Å². The van der Waals surface area contributed by atoms with Crippen LogP contribution in [0, 0.1) is 5.92 Å². The largest absolute Gasteiger partial charge is 0.523 e. The first-order valence-electron chi connectivity index (χ1n) is 5.90. The Morgan fingerprint density at radius 3 is 2.42 bits per heavy atom. The Kier molecular flexibility index (Phi) is 5.57. The molecule has 1 unspecified atom stereocenters. The molecule has 0 amide bonds. The molecule has 0 spiro atoms. The predicted molar refractivity (Wildman–Crippen MR) is 58.6 cm³/mol. The van der Waals surface area contributed by atoms with Crippen LogP contribution in [0.25, 0.3) is 0 Å². The molecular formula is C10H16F4O4S. The summed E-state index contributed by atoms with van der Waals surface area (Å²) in [6, 6.07) is 0. The molecule has 0 radical (unpaired) electrons. The maximum Gasteiger partial charge on any atom is 0.523 e. The zero-order valence-corrected chi connectivity index (χ0v) is 11.1. The minimum Gasteiger partial charge on any atom is -0.381 e. The molecule has 114 valence electrons. The molecule has 1 aliphatic carbocycles. The van der Waals surface area contributed by atoms with E-state index in [1.165, 1.54) is 0 Å². The third-order valence-corrected chi connectivity index (χ3v) is 3.92. The van der Waals surface area contributed by atoms with E-state index in [0.29, 0.717) is 6.61 Å². The second-order valence-electron chi connectivity index (χ2n) is 4.40. The molecule has 0 aromatic rings. The lowest BCUT2D eigenvalue weighted by Crippen LogP contribution is -2.49. The predicted octanol–water partition coefficient (Wildman–Crippen LogP) is 2.40. The first kappa shape index (κ1) is 16.6. The molecular weight excluding hydrogens is 292 g/mol. The molecule has 1 aliphatic rings. The van der Waals surface area contributed by atoms with Crippen LogP contribution in [0.1, 0.15) is 26.2 Å². The summed E-state index contributed by atoms with van der Waals surface area (Å²) < 4.78 is 79.7. The molecule has 0 saturated heterocycles. The quantitative estimate of drug-likeness (QED) is 0.314. The van der Waals surface area contributed by atoms with Gasteiger partial charge in [0.2, 0.25) is 0 Å². The van der Waals surface area contributed by atoms with E-state index in [0.717, 1.165) is 12.8 Å². The Labute approximate surface area is 109 Å². The minimum atomic E-state index is -5.72. The van der Waals surface area contributed by atoms with Gasteiger partial charge in [-0.3, -0.25) is 4.18 Å². The second kappa shape index (κ2) is 6.36. The summed E-state index contributed by atoms with van der Waals surface area (Å²) in [5, 5.41) is 0. The number of unbranched alkanes of at least 4 members (excludes halogenated alkanes) is 1. The second-order valence-corrected chi connectivity index (χ2v) is 5.97. The van der Waals surface area contributed by atoms with Crippen molar-refractivity contribution in [3.63, 3.8) is 0 Å². The van der Waals surface area contributed by atoms with Crippen molar-refractivity contribution in [1.29, 1.82) is 0 Å². The van der Waals surface area contributed by atoms with Gasteiger partial charge in [0.25, 0.3) is 0 Å². The van der Waals surface area contributed by atoms with Gasteiger partial charge in [0.1, 0.15) is 12.3 Å². The van der Waals surface area contributed by atoms with Gasteiger partial charge in [0, 0.05) is 12.5 Å². The molecule has 3 atom stereocenters. The van der Waals surface area contributed by atoms with Crippen LogP contribution in [0.15, 0.2) is 0 Å². The summed E-state index contributed by atoms with van der Waals surface area (Å²) in [6.07, 6.45) is -1.68. The van der Waals surface area contributed by atoms with Gasteiger partial charge in [0.05, 0.1) is 6.61 Å². The standard InChI is InChI=1S/C10H16F4O4S/c1-2-3-4-17-6-7-5-8(9(7)11)18-19(15,16)10(12,13)14/h7-9H,2-6H2,1H3/t7-,8+,9?/m1/s1. The molecule has 19 heavy (non-hydrogen) atoms. The maximum absolute atomic E-state index is 13.4. The molecule has 0 bridgehead atoms. The van der Waals surface area contributed by atoms with Gasteiger partial charge in [-0.25, -0.2) is 4.39 Å². The van der Waals surface area contributed by atoms with Gasteiger partial charge in [-0.1, -0.05) is 13.3 Å². The van der Waals surface area contributed by atoms with Crippen LogP contribution in [-0.4, -0.2) is 39.4 Å². The van der Waals surface area contributed by atoms with Gasteiger partial charge < -0.3 is 4.74 Å². The number of hydrogen-bond acceptors (Lipinski definition) is 4. The smallest absolute Gasteiger partial charge is 0.381 e. The third kappa shape index (κ3) is 4.28. The fraction of sp³-hybridized carbons (Fsp3) is 1.00. The lowest BCUT2D eigenvalue weighted by molar-refractivity contribution is -0.0932. The molecule has 0 N–H and O–H groups in total. The summed E-state index contributed by atoms with van der Waals surface area (Å²) in [5.41, 5.74) is -5.52. The van der Waals surface area contributed by atoms with Crippen molar-refractivity contribution in [2.24, 2.45) is 5.92 Å². The number of hydrogen-bond donors (Lipinski definition) is 0. The van der Waals surface area contributed by atoms with Crippen LogP contribution in [0.3, 0.4) is 0 Å². The Bertz CT molecular complexity index is 381. The molecule has 1 saturated carbocycles. The van der Waals surface area contributed by atoms with Gasteiger partial charge in [0.15, 0.2) is 0 Å². The topological polar surface area (TPSA) is 52.6 Å². The van der Waals surface area contributed by atoms with Gasteiger partial charge >= 0.3 is 15.6 Å². The fourth-order valence-corrected chi connectivity index (χ4v) is 2.24. The molecule has 0 aliphatic heterocycles. The summed E-state index contributed by atoms with van der Waals surface area (Å²) in [4.78, 5) is 0. The van der Waals surface area contributed by atoms with Crippen molar-refractivity contribution >= 4 is 10.1 Å². The average Bonchev–Trinajstić information content (AvgIpc) is 2.29. The zero-order valence-electron chi connectivity index (χ0n) is 10.3. The molecule has 9 heteroatoms. The van der Waals surface area contributed by atoms with E-state index in [-0.39, 0.29) is 13.0 Å².